The van der Waals surface area contributed by atoms with E-state index in [-0.39, 0.29) is 0 Å². The lowest BCUT2D eigenvalue weighted by Crippen LogP contribution is -2.04. The van der Waals surface area contributed by atoms with Crippen LogP contribution in [0.1, 0.15) is 12.0 Å². The van der Waals surface area contributed by atoms with Gasteiger partial charge in [-0.15, -0.1) is 0 Å². The van der Waals surface area contributed by atoms with Gasteiger partial charge in [-0.3, -0.25) is 4.79 Å². The van der Waals surface area contributed by atoms with Gasteiger partial charge in [-0.25, -0.2) is 0 Å². The Morgan fingerprint density at radius 3 is 2.60 bits per heavy atom. The lowest BCUT2D eigenvalue weighted by Gasteiger charge is -1.95. The first-order valence-electron chi connectivity index (χ1n) is 4.95. The van der Waals surface area contributed by atoms with Gasteiger partial charge in [0.2, 0.25) is 5.91 Å². The third kappa shape index (κ3) is 5.47. The molecule has 1 amide bonds. The third-order valence-corrected chi connectivity index (χ3v) is 1.95. The van der Waals surface area contributed by atoms with E-state index >= 15 is 0 Å². The van der Waals surface area contributed by atoms with Crippen molar-refractivity contribution in [3.8, 4) is 0 Å². The van der Waals surface area contributed by atoms with Crippen LogP contribution < -0.4 is 5.73 Å². The van der Waals surface area contributed by atoms with Crippen LogP contribution in [0.3, 0.4) is 0 Å². The van der Waals surface area contributed by atoms with Crippen molar-refractivity contribution >= 4 is 5.91 Å². The number of nitrogens with two attached hydrogens (primary N) is 1. The van der Waals surface area contributed by atoms with Crippen LogP contribution in [-0.4, -0.2) is 5.91 Å². The molecule has 15 heavy (non-hydrogen) atoms. The number of hydrogen-bond acceptors (Lipinski definition) is 1. The molecule has 0 saturated carbocycles. The Hall–Kier alpha value is -1.83. The molecular formula is C13H15NO. The van der Waals surface area contributed by atoms with Crippen LogP contribution in [0.5, 0.6) is 0 Å². The molecule has 0 bridgehead atoms. The van der Waals surface area contributed by atoms with Crippen LogP contribution in [0.4, 0.5) is 0 Å². The molecule has 2 nitrogen and oxygen atoms in total. The van der Waals surface area contributed by atoms with Crippen LogP contribution in [0, 0.1) is 0 Å². The molecule has 0 spiro atoms. The maximum absolute atomic E-state index is 10.4. The van der Waals surface area contributed by atoms with E-state index in [1.807, 2.05) is 30.4 Å². The first kappa shape index (κ1) is 11.2. The predicted octanol–water partition coefficient (Wildman–Crippen LogP) is 2.22. The normalized spacial score (nSPS) is 11.2. The summed E-state index contributed by atoms with van der Waals surface area (Å²) in [5.41, 5.74) is 6.26. The largest absolute Gasteiger partial charge is 0.366 e. The van der Waals surface area contributed by atoms with E-state index in [0.29, 0.717) is 0 Å². The number of primary amides is 1. The molecule has 0 saturated heterocycles. The number of benzene rings is 1. The second-order valence-electron chi connectivity index (χ2n) is 3.21. The van der Waals surface area contributed by atoms with Gasteiger partial charge in [-0.05, 0) is 18.4 Å². The molecule has 0 aliphatic heterocycles. The first-order valence-corrected chi connectivity index (χ1v) is 4.95. The quantitative estimate of drug-likeness (QED) is 0.576. The van der Waals surface area contributed by atoms with E-state index in [4.69, 9.17) is 5.73 Å². The minimum absolute atomic E-state index is 0.414. The molecule has 78 valence electrons. The fraction of sp³-hybridized carbons (Fsp3) is 0.154. The molecule has 2 N–H and O–H groups in total. The summed E-state index contributed by atoms with van der Waals surface area (Å²) in [6.07, 6.45) is 8.85. The van der Waals surface area contributed by atoms with Gasteiger partial charge in [0, 0.05) is 6.08 Å². The van der Waals surface area contributed by atoms with Crippen LogP contribution >= 0.6 is 0 Å². The second-order valence-corrected chi connectivity index (χ2v) is 3.21. The van der Waals surface area contributed by atoms with Crippen LogP contribution in [-0.2, 0) is 11.2 Å². The SMILES string of the molecule is NC(=O)C=CC=CCCc1ccccc1. The number of hydrogen-bond donors (Lipinski definition) is 1. The fourth-order valence-electron chi connectivity index (χ4n) is 1.22. The molecule has 0 unspecified atom stereocenters. The molecule has 1 aromatic rings. The monoisotopic (exact) mass is 201 g/mol. The van der Waals surface area contributed by atoms with Gasteiger partial charge in [0.15, 0.2) is 0 Å². The Kier molecular flexibility index (Phi) is 4.95. The predicted molar refractivity (Wildman–Crippen MR) is 62.2 cm³/mol. The van der Waals surface area contributed by atoms with E-state index in [0.717, 1.165) is 12.8 Å². The number of rotatable bonds is 5. The minimum Gasteiger partial charge on any atom is -0.366 e. The van der Waals surface area contributed by atoms with Gasteiger partial charge >= 0.3 is 0 Å². The summed E-state index contributed by atoms with van der Waals surface area (Å²) in [6.45, 7) is 0. The standard InChI is InChI=1S/C13H15NO/c14-13(15)11-7-2-1-4-8-12-9-5-3-6-10-12/h1-3,5-7,9-11H,4,8H2,(H2,14,15). The molecule has 1 aromatic carbocycles. The van der Waals surface area contributed by atoms with Gasteiger partial charge in [0.05, 0.1) is 0 Å². The molecule has 0 aromatic heterocycles. The van der Waals surface area contributed by atoms with Crippen LogP contribution in [0.2, 0.25) is 0 Å². The molecule has 0 aliphatic rings. The molecule has 0 radical (unpaired) electrons. The second kappa shape index (κ2) is 6.60. The molecule has 1 rings (SSSR count). The van der Waals surface area contributed by atoms with Gasteiger partial charge in [-0.2, -0.15) is 0 Å². The smallest absolute Gasteiger partial charge is 0.241 e. The number of aryl methyl sites for hydroxylation is 1. The van der Waals surface area contributed by atoms with Crippen molar-refractivity contribution in [3.63, 3.8) is 0 Å². The maximum atomic E-state index is 10.4. The van der Waals surface area contributed by atoms with Gasteiger partial charge < -0.3 is 5.73 Å². The first-order chi connectivity index (χ1) is 7.29. The molecule has 0 atom stereocenters. The Balaban J connectivity index is 2.25. The third-order valence-electron chi connectivity index (χ3n) is 1.95. The zero-order valence-electron chi connectivity index (χ0n) is 8.60. The lowest BCUT2D eigenvalue weighted by molar-refractivity contribution is -0.113. The Morgan fingerprint density at radius 2 is 1.93 bits per heavy atom. The minimum atomic E-state index is -0.414. The molecule has 0 heterocycles. The Labute approximate surface area is 90.1 Å². The van der Waals surface area contributed by atoms with Crippen molar-refractivity contribution in [1.82, 2.24) is 0 Å². The highest BCUT2D eigenvalue weighted by molar-refractivity contribution is 5.85. The molecule has 0 aliphatic carbocycles. The van der Waals surface area contributed by atoms with Crippen molar-refractivity contribution in [1.29, 1.82) is 0 Å². The van der Waals surface area contributed by atoms with Gasteiger partial charge in [0.25, 0.3) is 0 Å². The summed E-state index contributed by atoms with van der Waals surface area (Å²) in [7, 11) is 0. The van der Waals surface area contributed by atoms with Crippen molar-refractivity contribution < 1.29 is 4.79 Å². The molecular weight excluding hydrogens is 186 g/mol. The van der Waals surface area contributed by atoms with Crippen molar-refractivity contribution in [2.75, 3.05) is 0 Å². The number of carbonyl (C=O) groups is 1. The summed E-state index contributed by atoms with van der Waals surface area (Å²) in [5.74, 6) is -0.414. The topological polar surface area (TPSA) is 43.1 Å². The summed E-state index contributed by atoms with van der Waals surface area (Å²) in [4.78, 5) is 10.4. The average Bonchev–Trinajstić information content (AvgIpc) is 2.24. The molecule has 0 fully saturated rings. The summed E-state index contributed by atoms with van der Waals surface area (Å²) < 4.78 is 0. The van der Waals surface area contributed by atoms with Crippen molar-refractivity contribution in [2.45, 2.75) is 12.8 Å². The van der Waals surface area contributed by atoms with Gasteiger partial charge in [0.1, 0.15) is 0 Å². The highest BCUT2D eigenvalue weighted by atomic mass is 16.1. The van der Waals surface area contributed by atoms with E-state index in [1.54, 1.807) is 6.08 Å². The van der Waals surface area contributed by atoms with Gasteiger partial charge in [-0.1, -0.05) is 48.6 Å². The van der Waals surface area contributed by atoms with E-state index < -0.39 is 5.91 Å². The zero-order chi connectivity index (χ0) is 10.9. The van der Waals surface area contributed by atoms with E-state index in [2.05, 4.69) is 12.1 Å². The summed E-state index contributed by atoms with van der Waals surface area (Å²) in [5, 5.41) is 0. The Morgan fingerprint density at radius 1 is 1.20 bits per heavy atom. The number of carbonyl (C=O) groups excluding carboxylic acids is 1. The summed E-state index contributed by atoms with van der Waals surface area (Å²) >= 11 is 0. The maximum Gasteiger partial charge on any atom is 0.241 e. The number of amides is 1. The summed E-state index contributed by atoms with van der Waals surface area (Å²) in [6, 6.07) is 10.3. The van der Waals surface area contributed by atoms with E-state index in [9.17, 15) is 4.79 Å². The highest BCUT2D eigenvalue weighted by Gasteiger charge is 1.87. The number of allylic oxidation sites excluding steroid dienone is 3. The van der Waals surface area contributed by atoms with Crippen molar-refractivity contribution in [2.24, 2.45) is 5.73 Å². The lowest BCUT2D eigenvalue weighted by atomic mass is 10.1. The van der Waals surface area contributed by atoms with Crippen LogP contribution in [0.15, 0.2) is 54.6 Å². The van der Waals surface area contributed by atoms with Crippen LogP contribution in [0.25, 0.3) is 0 Å². The molecule has 2 heteroatoms. The Bertz CT molecular complexity index is 352. The zero-order valence-corrected chi connectivity index (χ0v) is 8.60. The van der Waals surface area contributed by atoms with E-state index in [1.165, 1.54) is 11.6 Å². The highest BCUT2D eigenvalue weighted by Crippen LogP contribution is 2.02. The fourth-order valence-corrected chi connectivity index (χ4v) is 1.22. The average molecular weight is 201 g/mol. The van der Waals surface area contributed by atoms with Crippen molar-refractivity contribution in [3.05, 3.63) is 60.2 Å².